The van der Waals surface area contributed by atoms with Gasteiger partial charge in [-0.2, -0.15) is 0 Å². The number of nitrogens with zero attached hydrogens (tertiary/aromatic N) is 1. The molecule has 1 heterocycles. The van der Waals surface area contributed by atoms with Crippen LogP contribution in [0.15, 0.2) is 29.3 Å². The van der Waals surface area contributed by atoms with Gasteiger partial charge in [0.2, 0.25) is 0 Å². The predicted octanol–water partition coefficient (Wildman–Crippen LogP) is 1.62. The number of nitrogens with one attached hydrogen (secondary N) is 1. The average molecular weight is 293 g/mol. The highest BCUT2D eigenvalue weighted by atomic mass is 16.5. The molecule has 0 amide bonds. The Balaban J connectivity index is 1.63. The average Bonchev–Trinajstić information content (AvgIpc) is 3.01. The van der Waals surface area contributed by atoms with Crippen LogP contribution in [0.1, 0.15) is 12.8 Å². The highest BCUT2D eigenvalue weighted by Crippen LogP contribution is 2.14. The van der Waals surface area contributed by atoms with Gasteiger partial charge in [-0.15, -0.1) is 0 Å². The summed E-state index contributed by atoms with van der Waals surface area (Å²) in [5.74, 6) is 1.22. The van der Waals surface area contributed by atoms with E-state index >= 15 is 0 Å². The summed E-state index contributed by atoms with van der Waals surface area (Å²) in [5, 5.41) is 3.04. The van der Waals surface area contributed by atoms with Gasteiger partial charge in [-0.05, 0) is 37.1 Å². The normalized spacial score (nSPS) is 18.7. The molecule has 1 aliphatic heterocycles. The van der Waals surface area contributed by atoms with Crippen molar-refractivity contribution < 1.29 is 14.2 Å². The van der Waals surface area contributed by atoms with Crippen molar-refractivity contribution >= 4 is 11.6 Å². The Labute approximate surface area is 125 Å². The van der Waals surface area contributed by atoms with E-state index in [-0.39, 0.29) is 6.10 Å². The number of hydrogen-bond acceptors (Lipinski definition) is 4. The van der Waals surface area contributed by atoms with Crippen LogP contribution in [0.2, 0.25) is 0 Å². The Kier molecular flexibility index (Phi) is 6.30. The first-order chi connectivity index (χ1) is 10.3. The fourth-order valence-electron chi connectivity index (χ4n) is 2.02. The molecule has 0 radical (unpaired) electrons. The van der Waals surface area contributed by atoms with Crippen molar-refractivity contribution in [2.75, 3.05) is 38.8 Å². The monoisotopic (exact) mass is 293 g/mol. The number of aliphatic imine (C=N–C) groups is 1. The number of benzene rings is 1. The Morgan fingerprint density at radius 2 is 2.24 bits per heavy atom. The fourth-order valence-corrected chi connectivity index (χ4v) is 2.02. The SMILES string of the molecule is COc1ccc(NC(N)=NCCCOC2CCOC2)cc1. The van der Waals surface area contributed by atoms with E-state index in [1.807, 2.05) is 24.3 Å². The lowest BCUT2D eigenvalue weighted by atomic mass is 10.3. The van der Waals surface area contributed by atoms with Crippen LogP contribution in [-0.2, 0) is 9.47 Å². The van der Waals surface area contributed by atoms with Crippen LogP contribution >= 0.6 is 0 Å². The molecule has 2 rings (SSSR count). The molecule has 3 N–H and O–H groups in total. The van der Waals surface area contributed by atoms with Crippen LogP contribution < -0.4 is 15.8 Å². The van der Waals surface area contributed by atoms with Crippen LogP contribution in [0.25, 0.3) is 0 Å². The third-order valence-corrected chi connectivity index (χ3v) is 3.19. The number of hydrogen-bond donors (Lipinski definition) is 2. The molecule has 0 bridgehead atoms. The molecule has 0 aliphatic carbocycles. The molecule has 0 spiro atoms. The molecule has 1 unspecified atom stereocenters. The second-order valence-corrected chi connectivity index (χ2v) is 4.83. The minimum atomic E-state index is 0.253. The van der Waals surface area contributed by atoms with Gasteiger partial charge in [0.25, 0.3) is 0 Å². The number of guanidine groups is 1. The zero-order valence-corrected chi connectivity index (χ0v) is 12.4. The first-order valence-electron chi connectivity index (χ1n) is 7.18. The van der Waals surface area contributed by atoms with Crippen molar-refractivity contribution in [1.82, 2.24) is 0 Å². The highest BCUT2D eigenvalue weighted by molar-refractivity contribution is 5.92. The molecule has 0 aromatic heterocycles. The third kappa shape index (κ3) is 5.61. The van der Waals surface area contributed by atoms with Gasteiger partial charge in [0.1, 0.15) is 5.75 Å². The number of rotatable bonds is 7. The lowest BCUT2D eigenvalue weighted by Crippen LogP contribution is -2.23. The van der Waals surface area contributed by atoms with Crippen molar-refractivity contribution in [2.45, 2.75) is 18.9 Å². The van der Waals surface area contributed by atoms with E-state index in [1.54, 1.807) is 7.11 Å². The Morgan fingerprint density at radius 3 is 2.90 bits per heavy atom. The smallest absolute Gasteiger partial charge is 0.193 e. The lowest BCUT2D eigenvalue weighted by molar-refractivity contribution is 0.0424. The zero-order valence-electron chi connectivity index (χ0n) is 12.4. The van der Waals surface area contributed by atoms with Crippen molar-refractivity contribution in [2.24, 2.45) is 10.7 Å². The molecule has 1 atom stereocenters. The van der Waals surface area contributed by atoms with Gasteiger partial charge in [0.15, 0.2) is 5.96 Å². The number of ether oxygens (including phenoxy) is 3. The van der Waals surface area contributed by atoms with E-state index in [1.165, 1.54) is 0 Å². The summed E-state index contributed by atoms with van der Waals surface area (Å²) >= 11 is 0. The lowest BCUT2D eigenvalue weighted by Gasteiger charge is -2.09. The molecule has 0 saturated carbocycles. The van der Waals surface area contributed by atoms with Crippen LogP contribution in [0, 0.1) is 0 Å². The van der Waals surface area contributed by atoms with Crippen LogP contribution in [0.5, 0.6) is 5.75 Å². The van der Waals surface area contributed by atoms with Crippen molar-refractivity contribution in [3.05, 3.63) is 24.3 Å². The van der Waals surface area contributed by atoms with Crippen molar-refractivity contribution in [3.8, 4) is 5.75 Å². The molecule has 1 saturated heterocycles. The fraction of sp³-hybridized carbons (Fsp3) is 0.533. The molecule has 1 aliphatic rings. The highest BCUT2D eigenvalue weighted by Gasteiger charge is 2.15. The topological polar surface area (TPSA) is 78.1 Å². The Bertz CT molecular complexity index is 442. The first-order valence-corrected chi connectivity index (χ1v) is 7.18. The maximum Gasteiger partial charge on any atom is 0.193 e. The summed E-state index contributed by atoms with van der Waals surface area (Å²) in [6, 6.07) is 7.52. The van der Waals surface area contributed by atoms with E-state index in [0.29, 0.717) is 25.7 Å². The Hall–Kier alpha value is -1.79. The molecule has 1 fully saturated rings. The molecule has 21 heavy (non-hydrogen) atoms. The molecular formula is C15H23N3O3. The second-order valence-electron chi connectivity index (χ2n) is 4.83. The first kappa shape index (κ1) is 15.6. The summed E-state index contributed by atoms with van der Waals surface area (Å²) in [4.78, 5) is 4.27. The van der Waals surface area contributed by atoms with Crippen LogP contribution in [0.3, 0.4) is 0 Å². The van der Waals surface area contributed by atoms with Gasteiger partial charge in [-0.1, -0.05) is 0 Å². The van der Waals surface area contributed by atoms with E-state index < -0.39 is 0 Å². The maximum absolute atomic E-state index is 5.83. The minimum absolute atomic E-state index is 0.253. The molecule has 116 valence electrons. The summed E-state index contributed by atoms with van der Waals surface area (Å²) in [6.07, 6.45) is 2.09. The summed E-state index contributed by atoms with van der Waals surface area (Å²) in [6.45, 7) is 2.85. The molecule has 6 heteroatoms. The van der Waals surface area contributed by atoms with E-state index in [2.05, 4.69) is 10.3 Å². The predicted molar refractivity (Wildman–Crippen MR) is 82.9 cm³/mol. The minimum Gasteiger partial charge on any atom is -0.497 e. The van der Waals surface area contributed by atoms with Gasteiger partial charge in [0.05, 0.1) is 19.8 Å². The Morgan fingerprint density at radius 1 is 1.43 bits per heavy atom. The van der Waals surface area contributed by atoms with Gasteiger partial charge in [-0.25, -0.2) is 0 Å². The van der Waals surface area contributed by atoms with Gasteiger partial charge < -0.3 is 25.3 Å². The number of methoxy groups -OCH3 is 1. The van der Waals surface area contributed by atoms with E-state index in [0.717, 1.165) is 30.9 Å². The second kappa shape index (κ2) is 8.49. The van der Waals surface area contributed by atoms with Crippen LogP contribution in [-0.4, -0.2) is 45.5 Å². The standard InChI is InChI=1S/C15H23N3O3/c1-19-13-5-3-12(4-6-13)18-15(16)17-8-2-9-21-14-7-10-20-11-14/h3-6,14H,2,7-11H2,1H3,(H3,16,17,18). The van der Waals surface area contributed by atoms with Crippen molar-refractivity contribution in [1.29, 1.82) is 0 Å². The summed E-state index contributed by atoms with van der Waals surface area (Å²) in [7, 11) is 1.64. The number of anilines is 1. The van der Waals surface area contributed by atoms with E-state index in [4.69, 9.17) is 19.9 Å². The quantitative estimate of drug-likeness (QED) is 0.454. The van der Waals surface area contributed by atoms with Gasteiger partial charge in [-0.3, -0.25) is 4.99 Å². The largest absolute Gasteiger partial charge is 0.497 e. The third-order valence-electron chi connectivity index (χ3n) is 3.19. The van der Waals surface area contributed by atoms with Gasteiger partial charge in [0, 0.05) is 25.4 Å². The molecular weight excluding hydrogens is 270 g/mol. The van der Waals surface area contributed by atoms with E-state index in [9.17, 15) is 0 Å². The number of nitrogens with two attached hydrogens (primary N) is 1. The molecule has 1 aromatic carbocycles. The van der Waals surface area contributed by atoms with Gasteiger partial charge >= 0.3 is 0 Å². The zero-order chi connectivity index (χ0) is 14.9. The maximum atomic E-state index is 5.83. The summed E-state index contributed by atoms with van der Waals surface area (Å²) in [5.41, 5.74) is 6.71. The molecule has 6 nitrogen and oxygen atoms in total. The summed E-state index contributed by atoms with van der Waals surface area (Å²) < 4.78 is 16.0. The molecule has 1 aromatic rings. The van der Waals surface area contributed by atoms with Crippen molar-refractivity contribution in [3.63, 3.8) is 0 Å². The van der Waals surface area contributed by atoms with Crippen LogP contribution in [0.4, 0.5) is 5.69 Å².